The third kappa shape index (κ3) is 4.92. The van der Waals surface area contributed by atoms with Gasteiger partial charge < -0.3 is 15.0 Å². The first kappa shape index (κ1) is 16.7. The van der Waals surface area contributed by atoms with Crippen molar-refractivity contribution >= 4 is 46.0 Å². The van der Waals surface area contributed by atoms with Crippen LogP contribution in [0.5, 0.6) is 0 Å². The number of amides is 1. The van der Waals surface area contributed by atoms with Crippen LogP contribution in [-0.2, 0) is 4.74 Å². The minimum atomic E-state index is -0.450. The third-order valence-electron chi connectivity index (χ3n) is 3.13. The lowest BCUT2D eigenvalue weighted by Crippen LogP contribution is -2.36. The summed E-state index contributed by atoms with van der Waals surface area (Å²) < 4.78 is 6.48. The van der Waals surface area contributed by atoms with Gasteiger partial charge in [0.05, 0.1) is 0 Å². The van der Waals surface area contributed by atoms with Gasteiger partial charge in [-0.15, -0.1) is 0 Å². The summed E-state index contributed by atoms with van der Waals surface area (Å²) in [7, 11) is 0. The second-order valence-corrected chi connectivity index (χ2v) is 7.78. The van der Waals surface area contributed by atoms with Crippen molar-refractivity contribution in [1.82, 2.24) is 4.90 Å². The standard InChI is InChI=1S/C15H20ClIN2O2/c1-15(2,3)21-14(20)19-7-6-11(9-19)18-13-5-4-10(16)8-12(13)17/h4-5,8,11,18H,6-7,9H2,1-3H3. The molecule has 6 heteroatoms. The van der Waals surface area contributed by atoms with E-state index in [9.17, 15) is 4.79 Å². The van der Waals surface area contributed by atoms with Crippen LogP contribution in [0.25, 0.3) is 0 Å². The number of ether oxygens (including phenoxy) is 1. The predicted molar refractivity (Wildman–Crippen MR) is 94.0 cm³/mol. The highest BCUT2D eigenvalue weighted by Crippen LogP contribution is 2.25. The van der Waals surface area contributed by atoms with Gasteiger partial charge in [0, 0.05) is 33.4 Å². The van der Waals surface area contributed by atoms with Crippen LogP contribution in [0.3, 0.4) is 0 Å². The van der Waals surface area contributed by atoms with Crippen molar-refractivity contribution in [1.29, 1.82) is 0 Å². The summed E-state index contributed by atoms with van der Waals surface area (Å²) in [5, 5.41) is 4.20. The summed E-state index contributed by atoms with van der Waals surface area (Å²) in [5.41, 5.74) is 0.602. The molecule has 1 aromatic rings. The van der Waals surface area contributed by atoms with E-state index in [4.69, 9.17) is 16.3 Å². The molecular weight excluding hydrogens is 403 g/mol. The molecule has 0 spiro atoms. The summed E-state index contributed by atoms with van der Waals surface area (Å²) in [4.78, 5) is 13.8. The molecular formula is C15H20ClIN2O2. The van der Waals surface area contributed by atoms with Crippen LogP contribution in [0, 0.1) is 3.57 Å². The van der Waals surface area contributed by atoms with Gasteiger partial charge in [-0.1, -0.05) is 11.6 Å². The van der Waals surface area contributed by atoms with Gasteiger partial charge in [-0.05, 0) is 68.0 Å². The maximum absolute atomic E-state index is 12.0. The molecule has 1 aliphatic heterocycles. The maximum atomic E-state index is 12.0. The molecule has 116 valence electrons. The monoisotopic (exact) mass is 422 g/mol. The highest BCUT2D eigenvalue weighted by Gasteiger charge is 2.29. The van der Waals surface area contributed by atoms with Gasteiger partial charge in [0.25, 0.3) is 0 Å². The van der Waals surface area contributed by atoms with Crippen molar-refractivity contribution in [2.45, 2.75) is 38.8 Å². The summed E-state index contributed by atoms with van der Waals surface area (Å²) in [6.45, 7) is 7.02. The number of carbonyl (C=O) groups excluding carboxylic acids is 1. The number of nitrogens with zero attached hydrogens (tertiary/aromatic N) is 1. The smallest absolute Gasteiger partial charge is 0.410 e. The topological polar surface area (TPSA) is 41.6 Å². The van der Waals surface area contributed by atoms with Crippen molar-refractivity contribution < 1.29 is 9.53 Å². The minimum absolute atomic E-state index is 0.238. The Morgan fingerprint density at radius 3 is 2.81 bits per heavy atom. The lowest BCUT2D eigenvalue weighted by atomic mass is 10.2. The number of hydrogen-bond acceptors (Lipinski definition) is 3. The summed E-state index contributed by atoms with van der Waals surface area (Å²) in [5.74, 6) is 0. The van der Waals surface area contributed by atoms with Crippen LogP contribution >= 0.6 is 34.2 Å². The van der Waals surface area contributed by atoms with Gasteiger partial charge >= 0.3 is 6.09 Å². The van der Waals surface area contributed by atoms with Crippen LogP contribution in [0.15, 0.2) is 18.2 Å². The molecule has 1 unspecified atom stereocenters. The number of carbonyl (C=O) groups is 1. The number of nitrogens with one attached hydrogen (secondary N) is 1. The van der Waals surface area contributed by atoms with E-state index in [1.54, 1.807) is 4.90 Å². The Balaban J connectivity index is 1.92. The maximum Gasteiger partial charge on any atom is 0.410 e. The highest BCUT2D eigenvalue weighted by atomic mass is 127. The molecule has 1 fully saturated rings. The zero-order chi connectivity index (χ0) is 15.6. The van der Waals surface area contributed by atoms with Gasteiger partial charge in [0.15, 0.2) is 0 Å². The van der Waals surface area contributed by atoms with E-state index in [2.05, 4.69) is 27.9 Å². The molecule has 1 N–H and O–H groups in total. The summed E-state index contributed by atoms with van der Waals surface area (Å²) >= 11 is 8.21. The molecule has 1 aromatic carbocycles. The zero-order valence-electron chi connectivity index (χ0n) is 12.5. The van der Waals surface area contributed by atoms with Gasteiger partial charge in [0.1, 0.15) is 5.60 Å². The van der Waals surface area contributed by atoms with Crippen molar-refractivity contribution in [2.75, 3.05) is 18.4 Å². The number of hydrogen-bond donors (Lipinski definition) is 1. The van der Waals surface area contributed by atoms with E-state index in [0.717, 1.165) is 27.2 Å². The van der Waals surface area contributed by atoms with E-state index in [1.165, 1.54) is 0 Å². The Bertz CT molecular complexity index is 531. The fourth-order valence-corrected chi connectivity index (χ4v) is 3.22. The largest absolute Gasteiger partial charge is 0.444 e. The Morgan fingerprint density at radius 1 is 1.48 bits per heavy atom. The van der Waals surface area contributed by atoms with E-state index in [1.807, 2.05) is 39.0 Å². The second kappa shape index (κ2) is 6.60. The number of anilines is 1. The first-order valence-electron chi connectivity index (χ1n) is 6.94. The molecule has 2 rings (SSSR count). The molecule has 0 bridgehead atoms. The quantitative estimate of drug-likeness (QED) is 0.720. The molecule has 1 heterocycles. The van der Waals surface area contributed by atoms with E-state index >= 15 is 0 Å². The van der Waals surface area contributed by atoms with E-state index in [0.29, 0.717) is 6.54 Å². The van der Waals surface area contributed by atoms with Gasteiger partial charge in [-0.2, -0.15) is 0 Å². The Morgan fingerprint density at radius 2 is 2.19 bits per heavy atom. The van der Waals surface area contributed by atoms with E-state index < -0.39 is 5.60 Å². The van der Waals surface area contributed by atoms with Crippen LogP contribution < -0.4 is 5.32 Å². The lowest BCUT2D eigenvalue weighted by molar-refractivity contribution is 0.0293. The molecule has 0 aromatic heterocycles. The van der Waals surface area contributed by atoms with Crippen molar-refractivity contribution in [3.63, 3.8) is 0 Å². The van der Waals surface area contributed by atoms with Crippen LogP contribution in [0.1, 0.15) is 27.2 Å². The van der Waals surface area contributed by atoms with Crippen LogP contribution in [0.2, 0.25) is 5.02 Å². The van der Waals surface area contributed by atoms with Crippen molar-refractivity contribution in [3.05, 3.63) is 26.8 Å². The molecule has 4 nitrogen and oxygen atoms in total. The SMILES string of the molecule is CC(C)(C)OC(=O)N1CCC(Nc2ccc(Cl)cc2I)C1. The Hall–Kier alpha value is -0.690. The first-order valence-corrected chi connectivity index (χ1v) is 8.40. The van der Waals surface area contributed by atoms with Crippen LogP contribution in [0.4, 0.5) is 10.5 Å². The molecule has 1 saturated heterocycles. The van der Waals surface area contributed by atoms with Gasteiger partial charge in [0.2, 0.25) is 0 Å². The summed E-state index contributed by atoms with van der Waals surface area (Å²) in [6, 6.07) is 6.00. The molecule has 0 saturated carbocycles. The van der Waals surface area contributed by atoms with Gasteiger partial charge in [-0.25, -0.2) is 4.79 Å². The average Bonchev–Trinajstić information content (AvgIpc) is 2.79. The zero-order valence-corrected chi connectivity index (χ0v) is 15.4. The Kier molecular flexibility index (Phi) is 5.24. The normalized spacial score (nSPS) is 18.7. The molecule has 0 radical (unpaired) electrons. The number of halogens is 2. The Labute approximate surface area is 144 Å². The first-order chi connectivity index (χ1) is 9.74. The number of rotatable bonds is 2. The summed E-state index contributed by atoms with van der Waals surface area (Å²) in [6.07, 6.45) is 0.676. The van der Waals surface area contributed by atoms with Crippen molar-refractivity contribution in [2.24, 2.45) is 0 Å². The predicted octanol–water partition coefficient (Wildman–Crippen LogP) is 4.37. The van der Waals surface area contributed by atoms with Crippen molar-refractivity contribution in [3.8, 4) is 0 Å². The second-order valence-electron chi connectivity index (χ2n) is 6.18. The fraction of sp³-hybridized carbons (Fsp3) is 0.533. The molecule has 1 amide bonds. The molecule has 0 aliphatic carbocycles. The highest BCUT2D eigenvalue weighted by molar-refractivity contribution is 14.1. The van der Waals surface area contributed by atoms with E-state index in [-0.39, 0.29) is 12.1 Å². The molecule has 1 atom stereocenters. The van der Waals surface area contributed by atoms with Crippen LogP contribution in [-0.4, -0.2) is 35.7 Å². The fourth-order valence-electron chi connectivity index (χ4n) is 2.20. The third-order valence-corrected chi connectivity index (χ3v) is 4.26. The molecule has 21 heavy (non-hydrogen) atoms. The number of benzene rings is 1. The minimum Gasteiger partial charge on any atom is -0.444 e. The van der Waals surface area contributed by atoms with Gasteiger partial charge in [-0.3, -0.25) is 0 Å². The lowest BCUT2D eigenvalue weighted by Gasteiger charge is -2.24. The number of likely N-dealkylation sites (tertiary alicyclic amines) is 1. The molecule has 1 aliphatic rings. The average molecular weight is 423 g/mol.